The lowest BCUT2D eigenvalue weighted by Gasteiger charge is -2.27. The molecule has 116 valence electrons. The van der Waals surface area contributed by atoms with Crippen LogP contribution in [0.25, 0.3) is 0 Å². The highest BCUT2D eigenvalue weighted by Gasteiger charge is 2.24. The van der Waals surface area contributed by atoms with Crippen molar-refractivity contribution >= 4 is 0 Å². The van der Waals surface area contributed by atoms with Gasteiger partial charge >= 0.3 is 0 Å². The summed E-state index contributed by atoms with van der Waals surface area (Å²) < 4.78 is 11.0. The molecule has 0 aromatic heterocycles. The topological polar surface area (TPSA) is 30.5 Å². The van der Waals surface area contributed by atoms with Gasteiger partial charge in [-0.2, -0.15) is 0 Å². The van der Waals surface area contributed by atoms with Crippen LogP contribution in [0.3, 0.4) is 0 Å². The van der Waals surface area contributed by atoms with Crippen LogP contribution in [0.4, 0.5) is 0 Å². The monoisotopic (exact) mass is 289 g/mol. The van der Waals surface area contributed by atoms with Crippen LogP contribution in [0.5, 0.6) is 11.5 Å². The second-order valence-corrected chi connectivity index (χ2v) is 6.22. The van der Waals surface area contributed by atoms with E-state index in [1.807, 2.05) is 0 Å². The first-order chi connectivity index (χ1) is 10.4. The fourth-order valence-corrected chi connectivity index (χ4v) is 3.42. The highest BCUT2D eigenvalue weighted by atomic mass is 16.7. The molecule has 21 heavy (non-hydrogen) atoms. The van der Waals surface area contributed by atoms with Crippen molar-refractivity contribution in [3.05, 3.63) is 23.3 Å². The van der Waals surface area contributed by atoms with Crippen LogP contribution in [0.1, 0.15) is 69.0 Å². The minimum absolute atomic E-state index is 0.369. The molecule has 1 N–H and O–H groups in total. The third kappa shape index (κ3) is 3.52. The minimum atomic E-state index is 0.369. The molecule has 1 aromatic carbocycles. The molecule has 2 aliphatic rings. The number of fused-ring (bicyclic) bond motifs is 2. The van der Waals surface area contributed by atoms with Gasteiger partial charge in [0.1, 0.15) is 0 Å². The Morgan fingerprint density at radius 1 is 1.05 bits per heavy atom. The molecule has 0 aliphatic carbocycles. The standard InChI is InChI=1S/C18H27NO2/c1-2-3-4-5-6-7-8-16-15-12-18-17(20-13-21-18)11-14(15)9-10-19-16/h11-12,16,19H,2-10,13H2,1H3. The zero-order chi connectivity index (χ0) is 14.5. The SMILES string of the molecule is CCCCCCCCC1NCCc2cc3c(cc21)OCO3. The molecular weight excluding hydrogens is 262 g/mol. The fourth-order valence-electron chi connectivity index (χ4n) is 3.42. The third-order valence-corrected chi connectivity index (χ3v) is 4.64. The molecule has 0 saturated heterocycles. The maximum absolute atomic E-state index is 5.53. The molecule has 3 heteroatoms. The Morgan fingerprint density at radius 3 is 2.67 bits per heavy atom. The van der Waals surface area contributed by atoms with Crippen molar-refractivity contribution in [2.75, 3.05) is 13.3 Å². The minimum Gasteiger partial charge on any atom is -0.454 e. The predicted octanol–water partition coefficient (Wildman–Crippen LogP) is 4.35. The van der Waals surface area contributed by atoms with Gasteiger partial charge in [0, 0.05) is 6.04 Å². The van der Waals surface area contributed by atoms with Crippen molar-refractivity contribution in [1.82, 2.24) is 5.32 Å². The van der Waals surface area contributed by atoms with Crippen molar-refractivity contribution in [3.63, 3.8) is 0 Å². The lowest BCUT2D eigenvalue weighted by atomic mass is 9.90. The molecule has 3 nitrogen and oxygen atoms in total. The molecule has 2 heterocycles. The molecule has 1 atom stereocenters. The van der Waals surface area contributed by atoms with Gasteiger partial charge in [0.2, 0.25) is 6.79 Å². The van der Waals surface area contributed by atoms with E-state index < -0.39 is 0 Å². The van der Waals surface area contributed by atoms with E-state index in [1.54, 1.807) is 0 Å². The second-order valence-electron chi connectivity index (χ2n) is 6.22. The van der Waals surface area contributed by atoms with Crippen LogP contribution in [-0.2, 0) is 6.42 Å². The van der Waals surface area contributed by atoms with Gasteiger partial charge in [0.25, 0.3) is 0 Å². The molecule has 0 spiro atoms. The van der Waals surface area contributed by atoms with Crippen LogP contribution < -0.4 is 14.8 Å². The first-order valence-corrected chi connectivity index (χ1v) is 8.54. The quantitative estimate of drug-likeness (QED) is 0.757. The van der Waals surface area contributed by atoms with Gasteiger partial charge < -0.3 is 14.8 Å². The van der Waals surface area contributed by atoms with E-state index in [0.29, 0.717) is 12.8 Å². The first-order valence-electron chi connectivity index (χ1n) is 8.54. The molecule has 0 fully saturated rings. The normalized spacial score (nSPS) is 19.6. The van der Waals surface area contributed by atoms with Gasteiger partial charge in [-0.15, -0.1) is 0 Å². The van der Waals surface area contributed by atoms with E-state index in [2.05, 4.69) is 24.4 Å². The van der Waals surface area contributed by atoms with Crippen LogP contribution in [0, 0.1) is 0 Å². The van der Waals surface area contributed by atoms with Gasteiger partial charge in [0.15, 0.2) is 11.5 Å². The van der Waals surface area contributed by atoms with Crippen molar-refractivity contribution < 1.29 is 9.47 Å². The number of hydrogen-bond donors (Lipinski definition) is 1. The second kappa shape index (κ2) is 7.17. The number of nitrogens with one attached hydrogen (secondary N) is 1. The summed E-state index contributed by atoms with van der Waals surface area (Å²) in [5.41, 5.74) is 2.87. The smallest absolute Gasteiger partial charge is 0.231 e. The molecule has 1 aromatic rings. The summed E-state index contributed by atoms with van der Waals surface area (Å²) >= 11 is 0. The molecule has 1 unspecified atom stereocenters. The van der Waals surface area contributed by atoms with E-state index in [0.717, 1.165) is 24.5 Å². The Kier molecular flexibility index (Phi) is 5.02. The fraction of sp³-hybridized carbons (Fsp3) is 0.667. The van der Waals surface area contributed by atoms with Crippen molar-refractivity contribution in [1.29, 1.82) is 0 Å². The molecule has 0 amide bonds. The Labute approximate surface area is 128 Å². The van der Waals surface area contributed by atoms with Gasteiger partial charge in [-0.25, -0.2) is 0 Å². The zero-order valence-electron chi connectivity index (χ0n) is 13.1. The van der Waals surface area contributed by atoms with E-state index >= 15 is 0 Å². The largest absolute Gasteiger partial charge is 0.454 e. The number of benzene rings is 1. The summed E-state index contributed by atoms with van der Waals surface area (Å²) in [6, 6.07) is 4.88. The summed E-state index contributed by atoms with van der Waals surface area (Å²) in [5, 5.41) is 3.67. The Morgan fingerprint density at radius 2 is 1.81 bits per heavy atom. The van der Waals surface area contributed by atoms with E-state index in [9.17, 15) is 0 Å². The lowest BCUT2D eigenvalue weighted by Crippen LogP contribution is -2.29. The van der Waals surface area contributed by atoms with Crippen LogP contribution >= 0.6 is 0 Å². The van der Waals surface area contributed by atoms with E-state index in [1.165, 1.54) is 56.1 Å². The maximum atomic E-state index is 5.53. The number of rotatable bonds is 7. The Hall–Kier alpha value is -1.22. The van der Waals surface area contributed by atoms with Crippen molar-refractivity contribution in [3.8, 4) is 11.5 Å². The zero-order valence-corrected chi connectivity index (χ0v) is 13.1. The highest BCUT2D eigenvalue weighted by molar-refractivity contribution is 5.50. The lowest BCUT2D eigenvalue weighted by molar-refractivity contribution is 0.174. The summed E-state index contributed by atoms with van der Waals surface area (Å²) in [5.74, 6) is 1.85. The summed E-state index contributed by atoms with van der Waals surface area (Å²) in [6.45, 7) is 3.72. The number of ether oxygens (including phenoxy) is 2. The van der Waals surface area contributed by atoms with Gasteiger partial charge in [-0.05, 0) is 42.6 Å². The average Bonchev–Trinajstić information content (AvgIpc) is 2.96. The molecule has 0 radical (unpaired) electrons. The van der Waals surface area contributed by atoms with Crippen molar-refractivity contribution in [2.45, 2.75) is 64.3 Å². The molecule has 2 aliphatic heterocycles. The summed E-state index contributed by atoms with van der Waals surface area (Å²) in [4.78, 5) is 0. The van der Waals surface area contributed by atoms with E-state index in [-0.39, 0.29) is 0 Å². The number of hydrogen-bond acceptors (Lipinski definition) is 3. The Bertz CT molecular complexity index is 473. The molecule has 3 rings (SSSR count). The summed E-state index contributed by atoms with van der Waals surface area (Å²) in [7, 11) is 0. The highest BCUT2D eigenvalue weighted by Crippen LogP contribution is 2.39. The van der Waals surface area contributed by atoms with Gasteiger partial charge in [0.05, 0.1) is 0 Å². The number of unbranched alkanes of at least 4 members (excludes halogenated alkanes) is 5. The van der Waals surface area contributed by atoms with E-state index in [4.69, 9.17) is 9.47 Å². The van der Waals surface area contributed by atoms with Gasteiger partial charge in [-0.3, -0.25) is 0 Å². The predicted molar refractivity (Wildman–Crippen MR) is 85.0 cm³/mol. The first kappa shape index (κ1) is 14.7. The maximum Gasteiger partial charge on any atom is 0.231 e. The Balaban J connectivity index is 1.56. The van der Waals surface area contributed by atoms with Gasteiger partial charge in [-0.1, -0.05) is 45.4 Å². The molecular formula is C18H27NO2. The molecule has 0 bridgehead atoms. The van der Waals surface area contributed by atoms with Crippen LogP contribution in [0.15, 0.2) is 12.1 Å². The third-order valence-electron chi connectivity index (χ3n) is 4.64. The van der Waals surface area contributed by atoms with Crippen molar-refractivity contribution in [2.24, 2.45) is 0 Å². The van der Waals surface area contributed by atoms with Crippen LogP contribution in [0.2, 0.25) is 0 Å². The molecule has 0 saturated carbocycles. The average molecular weight is 289 g/mol. The summed E-state index contributed by atoms with van der Waals surface area (Å²) in [6.07, 6.45) is 10.5. The van der Waals surface area contributed by atoms with Crippen LogP contribution in [-0.4, -0.2) is 13.3 Å².